The van der Waals surface area contributed by atoms with E-state index in [-0.39, 0.29) is 0 Å². The van der Waals surface area contributed by atoms with Gasteiger partial charge >= 0.3 is 0 Å². The summed E-state index contributed by atoms with van der Waals surface area (Å²) in [6, 6.07) is 13.0. The number of aliphatic hydroxyl groups excluding tert-OH is 1. The van der Waals surface area contributed by atoms with Gasteiger partial charge in [-0.25, -0.2) is 9.97 Å². The fourth-order valence-corrected chi connectivity index (χ4v) is 2.84. The molecule has 1 unspecified atom stereocenters. The van der Waals surface area contributed by atoms with Crippen molar-refractivity contribution >= 4 is 44.3 Å². The second-order valence-electron chi connectivity index (χ2n) is 4.80. The van der Waals surface area contributed by atoms with Crippen molar-refractivity contribution in [3.05, 3.63) is 63.9 Å². The van der Waals surface area contributed by atoms with Crippen LogP contribution in [-0.4, -0.2) is 21.6 Å². The number of rotatable bonds is 4. The summed E-state index contributed by atoms with van der Waals surface area (Å²) in [6.07, 6.45) is 0.784. The summed E-state index contributed by atoms with van der Waals surface area (Å²) in [5.74, 6) is 0.678. The number of fused-ring (bicyclic) bond motifs is 1. The highest BCUT2D eigenvalue weighted by Crippen LogP contribution is 2.26. The Kier molecular flexibility index (Phi) is 4.57. The lowest BCUT2D eigenvalue weighted by molar-refractivity contribution is 0.191. The SMILES string of the molecule is OC(CNc1ncnc2ccc(Br)cc12)c1ccccc1Cl. The minimum atomic E-state index is -0.717. The third-order valence-electron chi connectivity index (χ3n) is 3.32. The van der Waals surface area contributed by atoms with Gasteiger partial charge in [-0.1, -0.05) is 45.7 Å². The number of hydrogen-bond acceptors (Lipinski definition) is 4. The Bertz CT molecular complexity index is 812. The van der Waals surface area contributed by atoms with E-state index in [9.17, 15) is 5.11 Å². The molecule has 1 aromatic heterocycles. The molecule has 1 atom stereocenters. The maximum Gasteiger partial charge on any atom is 0.137 e. The molecule has 22 heavy (non-hydrogen) atoms. The van der Waals surface area contributed by atoms with E-state index in [0.29, 0.717) is 22.9 Å². The van der Waals surface area contributed by atoms with Gasteiger partial charge in [0.15, 0.2) is 0 Å². The number of nitrogens with one attached hydrogen (secondary N) is 1. The summed E-state index contributed by atoms with van der Waals surface area (Å²) in [4.78, 5) is 8.48. The molecule has 1 heterocycles. The highest BCUT2D eigenvalue weighted by Gasteiger charge is 2.12. The van der Waals surface area contributed by atoms with E-state index in [4.69, 9.17) is 11.6 Å². The average molecular weight is 379 g/mol. The minimum Gasteiger partial charge on any atom is -0.387 e. The Morgan fingerprint density at radius 2 is 2.00 bits per heavy atom. The van der Waals surface area contributed by atoms with Crippen molar-refractivity contribution in [1.29, 1.82) is 0 Å². The van der Waals surface area contributed by atoms with Crippen molar-refractivity contribution < 1.29 is 5.11 Å². The van der Waals surface area contributed by atoms with Gasteiger partial charge in [0.25, 0.3) is 0 Å². The third kappa shape index (κ3) is 3.21. The molecule has 0 aliphatic rings. The standard InChI is InChI=1S/C16H13BrClN3O/c17-10-5-6-14-12(7-10)16(21-9-20-14)19-8-15(22)11-3-1-2-4-13(11)18/h1-7,9,15,22H,8H2,(H,19,20,21). The van der Waals surface area contributed by atoms with E-state index < -0.39 is 6.10 Å². The molecule has 0 saturated carbocycles. The first-order valence-electron chi connectivity index (χ1n) is 6.72. The van der Waals surface area contributed by atoms with Gasteiger partial charge in [-0.15, -0.1) is 0 Å². The first kappa shape index (κ1) is 15.2. The van der Waals surface area contributed by atoms with Crippen molar-refractivity contribution in [1.82, 2.24) is 9.97 Å². The van der Waals surface area contributed by atoms with Gasteiger partial charge in [0, 0.05) is 27.0 Å². The normalized spacial score (nSPS) is 12.3. The predicted molar refractivity (Wildman–Crippen MR) is 92.1 cm³/mol. The fourth-order valence-electron chi connectivity index (χ4n) is 2.22. The largest absolute Gasteiger partial charge is 0.387 e. The number of nitrogens with zero attached hydrogens (tertiary/aromatic N) is 2. The molecule has 0 amide bonds. The van der Waals surface area contributed by atoms with Crippen LogP contribution in [-0.2, 0) is 0 Å². The van der Waals surface area contributed by atoms with Crippen molar-refractivity contribution in [3.8, 4) is 0 Å². The van der Waals surface area contributed by atoms with Crippen LogP contribution in [0.5, 0.6) is 0 Å². The number of aromatic nitrogens is 2. The Hall–Kier alpha value is -1.69. The molecular weight excluding hydrogens is 366 g/mol. The van der Waals surface area contributed by atoms with E-state index in [2.05, 4.69) is 31.2 Å². The average Bonchev–Trinajstić information content (AvgIpc) is 2.53. The molecule has 0 spiro atoms. The van der Waals surface area contributed by atoms with E-state index in [1.165, 1.54) is 6.33 Å². The Morgan fingerprint density at radius 1 is 1.18 bits per heavy atom. The molecule has 0 aliphatic heterocycles. The third-order valence-corrected chi connectivity index (χ3v) is 4.16. The molecule has 3 rings (SSSR count). The maximum absolute atomic E-state index is 10.3. The van der Waals surface area contributed by atoms with Crippen molar-refractivity contribution in [2.45, 2.75) is 6.10 Å². The van der Waals surface area contributed by atoms with Crippen LogP contribution in [0.25, 0.3) is 10.9 Å². The molecule has 112 valence electrons. The van der Waals surface area contributed by atoms with Gasteiger partial charge in [0.2, 0.25) is 0 Å². The van der Waals surface area contributed by atoms with Crippen LogP contribution in [0, 0.1) is 0 Å². The zero-order valence-electron chi connectivity index (χ0n) is 11.5. The van der Waals surface area contributed by atoms with Gasteiger partial charge in [-0.2, -0.15) is 0 Å². The minimum absolute atomic E-state index is 0.308. The fraction of sp³-hybridized carbons (Fsp3) is 0.125. The molecule has 0 fully saturated rings. The van der Waals surface area contributed by atoms with Gasteiger partial charge in [0.05, 0.1) is 11.6 Å². The van der Waals surface area contributed by atoms with Crippen molar-refractivity contribution in [2.75, 3.05) is 11.9 Å². The van der Waals surface area contributed by atoms with E-state index in [1.807, 2.05) is 36.4 Å². The van der Waals surface area contributed by atoms with Crippen LogP contribution in [0.15, 0.2) is 53.3 Å². The van der Waals surface area contributed by atoms with E-state index >= 15 is 0 Å². The molecule has 0 saturated heterocycles. The van der Waals surface area contributed by atoms with Crippen LogP contribution in [0.1, 0.15) is 11.7 Å². The van der Waals surface area contributed by atoms with Crippen molar-refractivity contribution in [2.24, 2.45) is 0 Å². The zero-order valence-corrected chi connectivity index (χ0v) is 13.8. The summed E-state index contributed by atoms with van der Waals surface area (Å²) in [6.45, 7) is 0.308. The number of benzene rings is 2. The lowest BCUT2D eigenvalue weighted by Gasteiger charge is -2.15. The second-order valence-corrected chi connectivity index (χ2v) is 6.12. The Balaban J connectivity index is 1.82. The lowest BCUT2D eigenvalue weighted by atomic mass is 10.1. The zero-order chi connectivity index (χ0) is 15.5. The molecule has 3 aromatic rings. The van der Waals surface area contributed by atoms with Crippen LogP contribution in [0.3, 0.4) is 0 Å². The monoisotopic (exact) mass is 377 g/mol. The first-order valence-corrected chi connectivity index (χ1v) is 7.89. The molecule has 6 heteroatoms. The summed E-state index contributed by atoms with van der Waals surface area (Å²) in [7, 11) is 0. The summed E-state index contributed by atoms with van der Waals surface area (Å²) < 4.78 is 0.949. The molecule has 0 aliphatic carbocycles. The molecule has 0 bridgehead atoms. The summed E-state index contributed by atoms with van der Waals surface area (Å²) in [5.41, 5.74) is 1.53. The highest BCUT2D eigenvalue weighted by molar-refractivity contribution is 9.10. The van der Waals surface area contributed by atoms with E-state index in [0.717, 1.165) is 15.4 Å². The van der Waals surface area contributed by atoms with Gasteiger partial charge < -0.3 is 10.4 Å². The summed E-state index contributed by atoms with van der Waals surface area (Å²) >= 11 is 9.54. The summed E-state index contributed by atoms with van der Waals surface area (Å²) in [5, 5.41) is 14.9. The van der Waals surface area contributed by atoms with E-state index in [1.54, 1.807) is 6.07 Å². The molecular formula is C16H13BrClN3O. The molecule has 2 aromatic carbocycles. The molecule has 4 nitrogen and oxygen atoms in total. The number of hydrogen-bond donors (Lipinski definition) is 2. The van der Waals surface area contributed by atoms with Gasteiger partial charge in [-0.3, -0.25) is 0 Å². The maximum atomic E-state index is 10.3. The quantitative estimate of drug-likeness (QED) is 0.714. The van der Waals surface area contributed by atoms with Crippen LogP contribution >= 0.6 is 27.5 Å². The predicted octanol–water partition coefficient (Wildman–Crippen LogP) is 4.19. The number of anilines is 1. The Morgan fingerprint density at radius 3 is 2.82 bits per heavy atom. The highest BCUT2D eigenvalue weighted by atomic mass is 79.9. The van der Waals surface area contributed by atoms with Gasteiger partial charge in [-0.05, 0) is 24.3 Å². The smallest absolute Gasteiger partial charge is 0.137 e. The second kappa shape index (κ2) is 6.60. The van der Waals surface area contributed by atoms with Crippen LogP contribution < -0.4 is 5.32 Å². The first-order chi connectivity index (χ1) is 10.6. The molecule has 2 N–H and O–H groups in total. The number of aliphatic hydroxyl groups is 1. The Labute approximate surface area is 141 Å². The lowest BCUT2D eigenvalue weighted by Crippen LogP contribution is -2.13. The van der Waals surface area contributed by atoms with Crippen molar-refractivity contribution in [3.63, 3.8) is 0 Å². The topological polar surface area (TPSA) is 58.0 Å². The molecule has 0 radical (unpaired) electrons. The van der Waals surface area contributed by atoms with Gasteiger partial charge in [0.1, 0.15) is 12.1 Å². The van der Waals surface area contributed by atoms with Crippen LogP contribution in [0.2, 0.25) is 5.02 Å². The van der Waals surface area contributed by atoms with Crippen LogP contribution in [0.4, 0.5) is 5.82 Å². The number of halogens is 2.